The molecule has 106 valence electrons. The molecule has 0 N–H and O–H groups in total. The summed E-state index contributed by atoms with van der Waals surface area (Å²) in [7, 11) is 0. The molecule has 0 radical (unpaired) electrons. The van der Waals surface area contributed by atoms with Crippen LogP contribution in [-0.4, -0.2) is 0 Å². The maximum Gasteiger partial charge on any atom is -0.0162 e. The lowest BCUT2D eigenvalue weighted by Gasteiger charge is -2.28. The highest BCUT2D eigenvalue weighted by molar-refractivity contribution is 5.84. The van der Waals surface area contributed by atoms with Crippen molar-refractivity contribution in [1.29, 1.82) is 0 Å². The highest BCUT2D eigenvalue weighted by atomic mass is 14.3. The molecule has 0 nitrogen and oxygen atoms in total. The molecular formula is C20H26. The lowest BCUT2D eigenvalue weighted by molar-refractivity contribution is 0.319. The first-order chi connectivity index (χ1) is 9.80. The zero-order chi connectivity index (χ0) is 13.9. The maximum atomic E-state index is 2.44. The molecule has 1 saturated carbocycles. The van der Waals surface area contributed by atoms with Gasteiger partial charge in [0.05, 0.1) is 0 Å². The third kappa shape index (κ3) is 2.75. The van der Waals surface area contributed by atoms with Crippen LogP contribution in [0.4, 0.5) is 0 Å². The highest BCUT2D eigenvalue weighted by Gasteiger charge is 2.21. The summed E-state index contributed by atoms with van der Waals surface area (Å²) in [4.78, 5) is 0. The van der Waals surface area contributed by atoms with E-state index in [4.69, 9.17) is 0 Å². The van der Waals surface area contributed by atoms with E-state index in [9.17, 15) is 0 Å². The minimum Gasteiger partial charge on any atom is -0.0651 e. The Morgan fingerprint density at radius 1 is 0.850 bits per heavy atom. The summed E-state index contributed by atoms with van der Waals surface area (Å²) in [6.45, 7) is 4.56. The summed E-state index contributed by atoms with van der Waals surface area (Å²) in [6.07, 6.45) is 8.11. The third-order valence-corrected chi connectivity index (χ3v) is 5.23. The lowest BCUT2D eigenvalue weighted by Crippen LogP contribution is -2.12. The molecule has 3 rings (SSSR count). The van der Waals surface area contributed by atoms with E-state index in [1.54, 1.807) is 5.56 Å². The monoisotopic (exact) mass is 266 g/mol. The van der Waals surface area contributed by atoms with Gasteiger partial charge in [-0.1, -0.05) is 56.7 Å². The van der Waals surface area contributed by atoms with Crippen molar-refractivity contribution in [2.75, 3.05) is 0 Å². The Kier molecular flexibility index (Phi) is 4.10. The van der Waals surface area contributed by atoms with Crippen molar-refractivity contribution in [2.24, 2.45) is 5.92 Å². The van der Waals surface area contributed by atoms with E-state index in [0.29, 0.717) is 0 Å². The van der Waals surface area contributed by atoms with E-state index in [-0.39, 0.29) is 0 Å². The van der Waals surface area contributed by atoms with Crippen LogP contribution in [0.25, 0.3) is 10.8 Å². The summed E-state index contributed by atoms with van der Waals surface area (Å²) in [5.41, 5.74) is 3.00. The standard InChI is InChI=1S/C20H26/c1-3-15-5-8-17(9-6-15)19-12-11-18-13-16(4-2)7-10-20(18)14-19/h7,10-15,17H,3-6,8-9H2,1-2H3. The van der Waals surface area contributed by atoms with Gasteiger partial charge in [-0.2, -0.15) is 0 Å². The molecule has 0 spiro atoms. The molecule has 0 heterocycles. The molecule has 0 amide bonds. The van der Waals surface area contributed by atoms with Crippen LogP contribution in [0.2, 0.25) is 0 Å². The topological polar surface area (TPSA) is 0 Å². The molecule has 0 saturated heterocycles. The second-order valence-electron chi connectivity index (χ2n) is 6.42. The average molecular weight is 266 g/mol. The largest absolute Gasteiger partial charge is 0.0651 e. The molecule has 20 heavy (non-hydrogen) atoms. The van der Waals surface area contributed by atoms with Gasteiger partial charge in [0.25, 0.3) is 0 Å². The van der Waals surface area contributed by atoms with Crippen LogP contribution in [0.15, 0.2) is 36.4 Å². The fraction of sp³-hybridized carbons (Fsp3) is 0.500. The Morgan fingerprint density at radius 2 is 1.55 bits per heavy atom. The summed E-state index contributed by atoms with van der Waals surface area (Å²) >= 11 is 0. The number of hydrogen-bond acceptors (Lipinski definition) is 0. The number of benzene rings is 2. The van der Waals surface area contributed by atoms with Crippen LogP contribution in [0.5, 0.6) is 0 Å². The molecule has 0 heteroatoms. The Bertz CT molecular complexity index is 574. The molecule has 2 aromatic carbocycles. The summed E-state index contributed by atoms with van der Waals surface area (Å²) in [5, 5.41) is 2.81. The molecule has 0 atom stereocenters. The zero-order valence-electron chi connectivity index (χ0n) is 12.9. The number of aryl methyl sites for hydroxylation is 1. The molecule has 1 aliphatic carbocycles. The zero-order valence-corrected chi connectivity index (χ0v) is 12.9. The summed E-state index contributed by atoms with van der Waals surface area (Å²) in [5.74, 6) is 1.78. The third-order valence-electron chi connectivity index (χ3n) is 5.23. The minimum absolute atomic E-state index is 0.799. The highest BCUT2D eigenvalue weighted by Crippen LogP contribution is 2.37. The van der Waals surface area contributed by atoms with Gasteiger partial charge in [-0.05, 0) is 65.8 Å². The van der Waals surface area contributed by atoms with Crippen molar-refractivity contribution in [3.05, 3.63) is 47.5 Å². The van der Waals surface area contributed by atoms with Crippen LogP contribution in [0, 0.1) is 5.92 Å². The van der Waals surface area contributed by atoms with Crippen molar-refractivity contribution < 1.29 is 0 Å². The Balaban J connectivity index is 1.82. The second kappa shape index (κ2) is 5.99. The Hall–Kier alpha value is -1.30. The number of hydrogen-bond donors (Lipinski definition) is 0. The van der Waals surface area contributed by atoms with E-state index >= 15 is 0 Å². The predicted molar refractivity (Wildman–Crippen MR) is 88.3 cm³/mol. The van der Waals surface area contributed by atoms with Gasteiger partial charge in [0.2, 0.25) is 0 Å². The molecule has 1 fully saturated rings. The van der Waals surface area contributed by atoms with Gasteiger partial charge in [-0.3, -0.25) is 0 Å². The lowest BCUT2D eigenvalue weighted by atomic mass is 9.77. The van der Waals surface area contributed by atoms with Gasteiger partial charge in [0.15, 0.2) is 0 Å². The van der Waals surface area contributed by atoms with Gasteiger partial charge in [0.1, 0.15) is 0 Å². The van der Waals surface area contributed by atoms with Crippen LogP contribution in [-0.2, 0) is 6.42 Å². The van der Waals surface area contributed by atoms with Crippen LogP contribution >= 0.6 is 0 Å². The van der Waals surface area contributed by atoms with E-state index in [1.807, 2.05) is 0 Å². The Morgan fingerprint density at radius 3 is 2.25 bits per heavy atom. The van der Waals surface area contributed by atoms with Crippen molar-refractivity contribution in [2.45, 2.75) is 58.3 Å². The van der Waals surface area contributed by atoms with E-state index in [2.05, 4.69) is 50.2 Å². The number of rotatable bonds is 3. The molecule has 0 bridgehead atoms. The van der Waals surface area contributed by atoms with Gasteiger partial charge in [-0.15, -0.1) is 0 Å². The second-order valence-corrected chi connectivity index (χ2v) is 6.42. The van der Waals surface area contributed by atoms with E-state index in [0.717, 1.165) is 18.3 Å². The fourth-order valence-corrected chi connectivity index (χ4v) is 3.69. The smallest absolute Gasteiger partial charge is 0.0162 e. The fourth-order valence-electron chi connectivity index (χ4n) is 3.69. The SMILES string of the molecule is CCc1ccc2cc(C3CCC(CC)CC3)ccc2c1. The van der Waals surface area contributed by atoms with Gasteiger partial charge in [0, 0.05) is 0 Å². The normalized spacial score (nSPS) is 23.1. The van der Waals surface area contributed by atoms with Gasteiger partial charge >= 0.3 is 0 Å². The van der Waals surface area contributed by atoms with Gasteiger partial charge < -0.3 is 0 Å². The van der Waals surface area contributed by atoms with Gasteiger partial charge in [-0.25, -0.2) is 0 Å². The summed E-state index contributed by atoms with van der Waals surface area (Å²) < 4.78 is 0. The van der Waals surface area contributed by atoms with E-state index < -0.39 is 0 Å². The molecule has 1 aliphatic rings. The van der Waals surface area contributed by atoms with Crippen molar-refractivity contribution >= 4 is 10.8 Å². The minimum atomic E-state index is 0.799. The molecular weight excluding hydrogens is 240 g/mol. The van der Waals surface area contributed by atoms with Crippen molar-refractivity contribution in [3.8, 4) is 0 Å². The Labute approximate surface area is 123 Å². The molecule has 0 aromatic heterocycles. The first-order valence-electron chi connectivity index (χ1n) is 8.32. The van der Waals surface area contributed by atoms with Crippen molar-refractivity contribution in [3.63, 3.8) is 0 Å². The molecule has 2 aromatic rings. The predicted octanol–water partition coefficient (Wildman–Crippen LogP) is 6.09. The maximum absolute atomic E-state index is 2.44. The van der Waals surface area contributed by atoms with Crippen LogP contribution in [0.3, 0.4) is 0 Å². The van der Waals surface area contributed by atoms with Crippen LogP contribution < -0.4 is 0 Å². The van der Waals surface area contributed by atoms with E-state index in [1.165, 1.54) is 48.4 Å². The van der Waals surface area contributed by atoms with Crippen molar-refractivity contribution in [1.82, 2.24) is 0 Å². The quantitative estimate of drug-likeness (QED) is 0.631. The molecule has 0 aliphatic heterocycles. The first kappa shape index (κ1) is 13.7. The first-order valence-corrected chi connectivity index (χ1v) is 8.32. The molecule has 0 unspecified atom stereocenters. The number of fused-ring (bicyclic) bond motifs is 1. The summed E-state index contributed by atoms with van der Waals surface area (Å²) in [6, 6.07) is 14.1. The van der Waals surface area contributed by atoms with Crippen LogP contribution in [0.1, 0.15) is 63.0 Å². The average Bonchev–Trinajstić information content (AvgIpc) is 2.54.